The zero-order valence-electron chi connectivity index (χ0n) is 12.8. The molecule has 0 amide bonds. The fraction of sp³-hybridized carbons (Fsp3) is 0.533. The normalized spacial score (nSPS) is 15.2. The number of nitrogens with one attached hydrogen (secondary N) is 1. The van der Waals surface area contributed by atoms with Gasteiger partial charge in [-0.2, -0.15) is 5.26 Å². The molecule has 0 saturated heterocycles. The summed E-state index contributed by atoms with van der Waals surface area (Å²) in [6.45, 7) is 7.84. The topological polar surface area (TPSA) is 79.0 Å². The van der Waals surface area contributed by atoms with Crippen LogP contribution in [-0.2, 0) is 0 Å². The number of nitro benzene ring substituents is 1. The smallest absolute Gasteiger partial charge is 0.282 e. The van der Waals surface area contributed by atoms with Gasteiger partial charge in [0.15, 0.2) is 0 Å². The van der Waals surface area contributed by atoms with E-state index >= 15 is 0 Å². The minimum atomic E-state index is -0.635. The number of thioether (sulfide) groups is 1. The van der Waals surface area contributed by atoms with Crippen LogP contribution in [0.15, 0.2) is 29.2 Å². The molecule has 1 N–H and O–H groups in total. The predicted octanol–water partition coefficient (Wildman–Crippen LogP) is 3.75. The molecule has 1 rings (SSSR count). The van der Waals surface area contributed by atoms with E-state index in [1.54, 1.807) is 18.2 Å². The number of nitrogens with zero attached hydrogens (tertiary/aromatic N) is 2. The Hall–Kier alpha value is -1.58. The van der Waals surface area contributed by atoms with Crippen LogP contribution in [0.25, 0.3) is 0 Å². The number of nitro groups is 1. The lowest BCUT2D eigenvalue weighted by Gasteiger charge is -2.28. The number of benzene rings is 1. The molecule has 5 nitrogen and oxygen atoms in total. The van der Waals surface area contributed by atoms with Gasteiger partial charge >= 0.3 is 0 Å². The average molecular weight is 307 g/mol. The Bertz CT molecular complexity index is 542. The van der Waals surface area contributed by atoms with Crippen molar-refractivity contribution < 1.29 is 4.92 Å². The Morgan fingerprint density at radius 3 is 2.57 bits per heavy atom. The third kappa shape index (κ3) is 5.37. The molecule has 21 heavy (non-hydrogen) atoms. The van der Waals surface area contributed by atoms with Gasteiger partial charge in [0.25, 0.3) is 5.69 Å². The van der Waals surface area contributed by atoms with E-state index in [9.17, 15) is 15.4 Å². The van der Waals surface area contributed by atoms with Crippen LogP contribution in [0.3, 0.4) is 0 Å². The first kappa shape index (κ1) is 17.5. The summed E-state index contributed by atoms with van der Waals surface area (Å²) in [5, 5.41) is 23.7. The van der Waals surface area contributed by atoms with E-state index in [1.807, 2.05) is 27.7 Å². The largest absolute Gasteiger partial charge is 0.297 e. The molecule has 2 atom stereocenters. The predicted molar refractivity (Wildman–Crippen MR) is 85.3 cm³/mol. The van der Waals surface area contributed by atoms with Crippen molar-refractivity contribution in [3.63, 3.8) is 0 Å². The maximum atomic E-state index is 11.0. The van der Waals surface area contributed by atoms with E-state index < -0.39 is 5.54 Å². The van der Waals surface area contributed by atoms with Gasteiger partial charge in [-0.05, 0) is 33.3 Å². The molecule has 0 aliphatic carbocycles. The molecule has 0 spiro atoms. The molecule has 6 heteroatoms. The van der Waals surface area contributed by atoms with Crippen LogP contribution in [0.5, 0.6) is 0 Å². The lowest BCUT2D eigenvalue weighted by Crippen LogP contribution is -2.46. The molecular weight excluding hydrogens is 286 g/mol. The summed E-state index contributed by atoms with van der Waals surface area (Å²) in [5.74, 6) is 0. The van der Waals surface area contributed by atoms with Crippen LogP contribution >= 0.6 is 11.8 Å². The maximum Gasteiger partial charge on any atom is 0.282 e. The summed E-state index contributed by atoms with van der Waals surface area (Å²) in [6.07, 6.45) is 0.610. The third-order valence-electron chi connectivity index (χ3n) is 2.94. The van der Waals surface area contributed by atoms with Crippen LogP contribution in [0, 0.1) is 21.4 Å². The minimum Gasteiger partial charge on any atom is -0.297 e. The fourth-order valence-corrected chi connectivity index (χ4v) is 3.59. The second-order valence-electron chi connectivity index (χ2n) is 5.60. The van der Waals surface area contributed by atoms with Crippen LogP contribution in [0.4, 0.5) is 5.69 Å². The summed E-state index contributed by atoms with van der Waals surface area (Å²) in [6, 6.07) is 9.21. The molecule has 2 unspecified atom stereocenters. The molecule has 1 aromatic carbocycles. The highest BCUT2D eigenvalue weighted by molar-refractivity contribution is 8.00. The summed E-state index contributed by atoms with van der Waals surface area (Å²) in [4.78, 5) is 11.3. The lowest BCUT2D eigenvalue weighted by atomic mass is 9.97. The van der Waals surface area contributed by atoms with Crippen LogP contribution in [0.1, 0.15) is 34.1 Å². The fourth-order valence-electron chi connectivity index (χ4n) is 2.31. The zero-order chi connectivity index (χ0) is 16.0. The van der Waals surface area contributed by atoms with E-state index in [2.05, 4.69) is 11.4 Å². The molecule has 114 valence electrons. The van der Waals surface area contributed by atoms with Gasteiger partial charge in [0, 0.05) is 17.4 Å². The van der Waals surface area contributed by atoms with Crippen molar-refractivity contribution in [2.24, 2.45) is 0 Å². The SMILES string of the molecule is CC(C)NC(C)(C#N)CC(C)Sc1ccccc1[N+](=O)[O-]. The maximum absolute atomic E-state index is 11.0. The second-order valence-corrected chi connectivity index (χ2v) is 7.08. The van der Waals surface area contributed by atoms with Crippen molar-refractivity contribution in [3.05, 3.63) is 34.4 Å². The van der Waals surface area contributed by atoms with Gasteiger partial charge in [0.05, 0.1) is 15.9 Å². The van der Waals surface area contributed by atoms with Gasteiger partial charge in [-0.1, -0.05) is 19.1 Å². The average Bonchev–Trinajstić information content (AvgIpc) is 2.37. The highest BCUT2D eigenvalue weighted by Gasteiger charge is 2.28. The lowest BCUT2D eigenvalue weighted by molar-refractivity contribution is -0.387. The third-order valence-corrected chi connectivity index (χ3v) is 4.11. The standard InChI is InChI=1S/C15H21N3O2S/c1-11(2)17-15(4,10-16)9-12(3)21-14-8-6-5-7-13(14)18(19)20/h5-8,11-12,17H,9H2,1-4H3. The Labute approximate surface area is 129 Å². The number of hydrogen-bond donors (Lipinski definition) is 1. The Morgan fingerprint density at radius 2 is 2.05 bits per heavy atom. The summed E-state index contributed by atoms with van der Waals surface area (Å²) >= 11 is 1.44. The molecule has 0 bridgehead atoms. The van der Waals surface area contributed by atoms with E-state index in [-0.39, 0.29) is 21.9 Å². The van der Waals surface area contributed by atoms with Crippen molar-refractivity contribution in [3.8, 4) is 6.07 Å². The van der Waals surface area contributed by atoms with Crippen molar-refractivity contribution in [1.82, 2.24) is 5.32 Å². The minimum absolute atomic E-state index is 0.0852. The number of nitriles is 1. The van der Waals surface area contributed by atoms with Crippen molar-refractivity contribution in [2.75, 3.05) is 0 Å². The number of hydrogen-bond acceptors (Lipinski definition) is 5. The molecule has 0 fully saturated rings. The molecule has 0 radical (unpaired) electrons. The zero-order valence-corrected chi connectivity index (χ0v) is 13.6. The van der Waals surface area contributed by atoms with E-state index in [4.69, 9.17) is 0 Å². The van der Waals surface area contributed by atoms with E-state index in [1.165, 1.54) is 17.8 Å². The van der Waals surface area contributed by atoms with Gasteiger partial charge in [-0.25, -0.2) is 0 Å². The van der Waals surface area contributed by atoms with E-state index in [0.717, 1.165) is 0 Å². The Balaban J connectivity index is 2.80. The number of rotatable bonds is 7. The molecule has 0 aromatic heterocycles. The first-order chi connectivity index (χ1) is 9.77. The van der Waals surface area contributed by atoms with Gasteiger partial charge in [-0.3, -0.25) is 15.4 Å². The van der Waals surface area contributed by atoms with Crippen LogP contribution in [-0.4, -0.2) is 21.8 Å². The van der Waals surface area contributed by atoms with Crippen LogP contribution in [0.2, 0.25) is 0 Å². The van der Waals surface area contributed by atoms with E-state index in [0.29, 0.717) is 11.3 Å². The molecule has 0 aliphatic rings. The van der Waals surface area contributed by atoms with Crippen molar-refractivity contribution in [2.45, 2.75) is 55.8 Å². The molecule has 1 aromatic rings. The van der Waals surface area contributed by atoms with Gasteiger partial charge in [0.1, 0.15) is 5.54 Å². The first-order valence-electron chi connectivity index (χ1n) is 6.86. The van der Waals surface area contributed by atoms with Crippen molar-refractivity contribution in [1.29, 1.82) is 5.26 Å². The van der Waals surface area contributed by atoms with Gasteiger partial charge < -0.3 is 0 Å². The Kier molecular flexibility index (Phi) is 6.19. The molecular formula is C15H21N3O2S. The molecule has 0 heterocycles. The monoisotopic (exact) mass is 307 g/mol. The first-order valence-corrected chi connectivity index (χ1v) is 7.74. The van der Waals surface area contributed by atoms with Gasteiger partial charge in [0.2, 0.25) is 0 Å². The summed E-state index contributed by atoms with van der Waals surface area (Å²) in [5.41, 5.74) is -0.519. The van der Waals surface area contributed by atoms with Crippen LogP contribution < -0.4 is 5.32 Å². The van der Waals surface area contributed by atoms with Gasteiger partial charge in [-0.15, -0.1) is 11.8 Å². The molecule has 0 saturated carbocycles. The highest BCUT2D eigenvalue weighted by Crippen LogP contribution is 2.34. The summed E-state index contributed by atoms with van der Waals surface area (Å²) < 4.78 is 0. The highest BCUT2D eigenvalue weighted by atomic mass is 32.2. The Morgan fingerprint density at radius 1 is 1.43 bits per heavy atom. The summed E-state index contributed by atoms with van der Waals surface area (Å²) in [7, 11) is 0. The van der Waals surface area contributed by atoms with Crippen molar-refractivity contribution >= 4 is 17.4 Å². The quantitative estimate of drug-likeness (QED) is 0.471. The molecule has 0 aliphatic heterocycles. The number of para-hydroxylation sites is 1. The second kappa shape index (κ2) is 7.43.